The first-order valence-corrected chi connectivity index (χ1v) is 8.02. The normalized spacial score (nSPS) is 19.7. The van der Waals surface area contributed by atoms with Gasteiger partial charge in [-0.3, -0.25) is 9.59 Å². The van der Waals surface area contributed by atoms with Crippen LogP contribution in [0, 0.1) is 5.92 Å². The van der Waals surface area contributed by atoms with E-state index in [1.165, 1.54) is 0 Å². The molecule has 3 rings (SSSR count). The number of amides is 2. The number of morpholine rings is 1. The number of hydrogen-bond acceptors (Lipinski definition) is 5. The number of rotatable bonds is 3. The van der Waals surface area contributed by atoms with Gasteiger partial charge in [0.1, 0.15) is 5.82 Å². The van der Waals surface area contributed by atoms with Crippen LogP contribution in [-0.4, -0.2) is 61.1 Å². The number of piperidine rings is 1. The van der Waals surface area contributed by atoms with Gasteiger partial charge in [0.05, 0.1) is 18.8 Å². The van der Waals surface area contributed by atoms with E-state index < -0.39 is 0 Å². The van der Waals surface area contributed by atoms with Gasteiger partial charge in [-0.2, -0.15) is 0 Å². The third-order valence-corrected chi connectivity index (χ3v) is 4.51. The van der Waals surface area contributed by atoms with E-state index >= 15 is 0 Å². The number of ether oxygens (including phenoxy) is 1. The van der Waals surface area contributed by atoms with E-state index in [2.05, 4.69) is 9.88 Å². The Morgan fingerprint density at radius 1 is 1.13 bits per heavy atom. The number of aromatic nitrogens is 1. The maximum atomic E-state index is 12.5. The van der Waals surface area contributed by atoms with Crippen molar-refractivity contribution in [2.75, 3.05) is 44.3 Å². The second kappa shape index (κ2) is 6.95. The van der Waals surface area contributed by atoms with Gasteiger partial charge in [-0.1, -0.05) is 0 Å². The third kappa shape index (κ3) is 3.61. The molecule has 0 spiro atoms. The average molecular weight is 318 g/mol. The van der Waals surface area contributed by atoms with Crippen LogP contribution < -0.4 is 10.6 Å². The molecule has 124 valence electrons. The number of hydrogen-bond donors (Lipinski definition) is 1. The Kier molecular flexibility index (Phi) is 4.76. The van der Waals surface area contributed by atoms with Crippen molar-refractivity contribution in [3.05, 3.63) is 23.9 Å². The third-order valence-electron chi connectivity index (χ3n) is 4.51. The lowest BCUT2D eigenvalue weighted by Gasteiger charge is -2.31. The molecule has 2 N–H and O–H groups in total. The second-order valence-electron chi connectivity index (χ2n) is 5.97. The lowest BCUT2D eigenvalue weighted by molar-refractivity contribution is -0.123. The summed E-state index contributed by atoms with van der Waals surface area (Å²) < 4.78 is 5.32. The Balaban J connectivity index is 1.60. The van der Waals surface area contributed by atoms with Crippen molar-refractivity contribution in [2.45, 2.75) is 12.8 Å². The number of pyridine rings is 1. The summed E-state index contributed by atoms with van der Waals surface area (Å²) in [5, 5.41) is 0. The first kappa shape index (κ1) is 15.7. The summed E-state index contributed by atoms with van der Waals surface area (Å²) in [4.78, 5) is 32.0. The van der Waals surface area contributed by atoms with E-state index in [1.807, 2.05) is 12.1 Å². The zero-order chi connectivity index (χ0) is 16.2. The number of likely N-dealkylation sites (tertiary alicyclic amines) is 1. The molecule has 2 saturated heterocycles. The molecule has 0 radical (unpaired) electrons. The number of carbonyl (C=O) groups is 2. The zero-order valence-corrected chi connectivity index (χ0v) is 13.1. The molecule has 7 heteroatoms. The highest BCUT2D eigenvalue weighted by Crippen LogP contribution is 2.19. The van der Waals surface area contributed by atoms with Crippen LogP contribution in [0.4, 0.5) is 5.82 Å². The monoisotopic (exact) mass is 318 g/mol. The summed E-state index contributed by atoms with van der Waals surface area (Å²) in [6.07, 6.45) is 2.91. The summed E-state index contributed by atoms with van der Waals surface area (Å²) in [5.74, 6) is 0.459. The van der Waals surface area contributed by atoms with Gasteiger partial charge in [-0.05, 0) is 25.0 Å². The van der Waals surface area contributed by atoms with Crippen LogP contribution >= 0.6 is 0 Å². The van der Waals surface area contributed by atoms with Gasteiger partial charge in [0.25, 0.3) is 5.91 Å². The zero-order valence-electron chi connectivity index (χ0n) is 13.1. The molecule has 1 aromatic heterocycles. The molecule has 0 aliphatic carbocycles. The fourth-order valence-electron chi connectivity index (χ4n) is 3.04. The number of nitrogens with zero attached hydrogens (tertiary/aromatic N) is 3. The van der Waals surface area contributed by atoms with E-state index in [0.29, 0.717) is 44.7 Å². The van der Waals surface area contributed by atoms with Gasteiger partial charge in [-0.15, -0.1) is 0 Å². The molecule has 2 aliphatic heterocycles. The fourth-order valence-corrected chi connectivity index (χ4v) is 3.04. The number of anilines is 1. The Hall–Kier alpha value is -2.15. The molecular formula is C16H22N4O3. The van der Waals surface area contributed by atoms with E-state index in [4.69, 9.17) is 10.5 Å². The Bertz CT molecular complexity index is 561. The molecule has 2 fully saturated rings. The molecule has 0 saturated carbocycles. The van der Waals surface area contributed by atoms with Crippen LogP contribution in [0.3, 0.4) is 0 Å². The first-order chi connectivity index (χ1) is 11.1. The van der Waals surface area contributed by atoms with Crippen LogP contribution in [0.5, 0.6) is 0 Å². The topological polar surface area (TPSA) is 88.8 Å². The summed E-state index contributed by atoms with van der Waals surface area (Å²) in [5.41, 5.74) is 5.90. The highest BCUT2D eigenvalue weighted by atomic mass is 16.5. The maximum absolute atomic E-state index is 12.5. The van der Waals surface area contributed by atoms with E-state index in [0.717, 1.165) is 18.9 Å². The molecule has 0 aromatic carbocycles. The average Bonchev–Trinajstić information content (AvgIpc) is 2.62. The highest BCUT2D eigenvalue weighted by molar-refractivity contribution is 5.94. The first-order valence-electron chi connectivity index (χ1n) is 8.02. The summed E-state index contributed by atoms with van der Waals surface area (Å²) in [6.45, 7) is 4.19. The lowest BCUT2D eigenvalue weighted by atomic mass is 9.96. The number of carbonyl (C=O) groups excluding carboxylic acids is 2. The lowest BCUT2D eigenvalue weighted by Crippen LogP contribution is -2.41. The van der Waals surface area contributed by atoms with E-state index in [-0.39, 0.29) is 17.7 Å². The fraction of sp³-hybridized carbons (Fsp3) is 0.562. The van der Waals surface area contributed by atoms with Crippen molar-refractivity contribution >= 4 is 17.6 Å². The molecule has 2 aliphatic rings. The van der Waals surface area contributed by atoms with Crippen LogP contribution in [0.2, 0.25) is 0 Å². The second-order valence-corrected chi connectivity index (χ2v) is 5.97. The van der Waals surface area contributed by atoms with Crippen molar-refractivity contribution < 1.29 is 14.3 Å². The predicted molar refractivity (Wildman–Crippen MR) is 85.1 cm³/mol. The van der Waals surface area contributed by atoms with Crippen molar-refractivity contribution in [1.29, 1.82) is 0 Å². The van der Waals surface area contributed by atoms with E-state index in [1.54, 1.807) is 11.1 Å². The SMILES string of the molecule is NC(=O)C1CCN(C(=O)c2ccc(N3CCOCC3)nc2)CC1. The van der Waals surface area contributed by atoms with Crippen molar-refractivity contribution in [3.8, 4) is 0 Å². The summed E-state index contributed by atoms with van der Waals surface area (Å²) in [7, 11) is 0. The van der Waals surface area contributed by atoms with Crippen LogP contribution in [0.15, 0.2) is 18.3 Å². The highest BCUT2D eigenvalue weighted by Gasteiger charge is 2.26. The molecule has 23 heavy (non-hydrogen) atoms. The molecule has 3 heterocycles. The minimum atomic E-state index is -0.270. The minimum absolute atomic E-state index is 0.0334. The van der Waals surface area contributed by atoms with Crippen LogP contribution in [0.1, 0.15) is 23.2 Å². The molecular weight excluding hydrogens is 296 g/mol. The van der Waals surface area contributed by atoms with Crippen LogP contribution in [0.25, 0.3) is 0 Å². The standard InChI is InChI=1S/C16H22N4O3/c17-15(21)12-3-5-20(6-4-12)16(22)13-1-2-14(18-11-13)19-7-9-23-10-8-19/h1-2,11-12H,3-10H2,(H2,17,21). The smallest absolute Gasteiger partial charge is 0.255 e. The molecule has 0 bridgehead atoms. The molecule has 7 nitrogen and oxygen atoms in total. The van der Waals surface area contributed by atoms with Gasteiger partial charge in [-0.25, -0.2) is 4.98 Å². The molecule has 0 atom stereocenters. The van der Waals surface area contributed by atoms with Gasteiger partial charge in [0, 0.05) is 38.3 Å². The van der Waals surface area contributed by atoms with Crippen molar-refractivity contribution in [2.24, 2.45) is 11.7 Å². The predicted octanol–water partition coefficient (Wildman–Crippen LogP) is 0.256. The Morgan fingerprint density at radius 2 is 1.83 bits per heavy atom. The largest absolute Gasteiger partial charge is 0.378 e. The van der Waals surface area contributed by atoms with Crippen molar-refractivity contribution in [3.63, 3.8) is 0 Å². The van der Waals surface area contributed by atoms with Gasteiger partial charge in [0.15, 0.2) is 0 Å². The Morgan fingerprint density at radius 3 is 2.39 bits per heavy atom. The van der Waals surface area contributed by atoms with Gasteiger partial charge in [0.2, 0.25) is 5.91 Å². The number of primary amides is 1. The molecule has 2 amide bonds. The number of nitrogens with two attached hydrogens (primary N) is 1. The molecule has 1 aromatic rings. The van der Waals surface area contributed by atoms with E-state index in [9.17, 15) is 9.59 Å². The quantitative estimate of drug-likeness (QED) is 0.863. The van der Waals surface area contributed by atoms with Gasteiger partial charge < -0.3 is 20.3 Å². The van der Waals surface area contributed by atoms with Gasteiger partial charge >= 0.3 is 0 Å². The van der Waals surface area contributed by atoms with Crippen molar-refractivity contribution in [1.82, 2.24) is 9.88 Å². The molecule has 0 unspecified atom stereocenters. The summed E-state index contributed by atoms with van der Waals surface area (Å²) >= 11 is 0. The summed E-state index contributed by atoms with van der Waals surface area (Å²) in [6, 6.07) is 3.70. The maximum Gasteiger partial charge on any atom is 0.255 e. The Labute approximate surface area is 135 Å². The minimum Gasteiger partial charge on any atom is -0.378 e. The van der Waals surface area contributed by atoms with Crippen LogP contribution in [-0.2, 0) is 9.53 Å².